The topological polar surface area (TPSA) is 41.6 Å². The van der Waals surface area contributed by atoms with Gasteiger partial charge in [0.05, 0.1) is 5.69 Å². The third kappa shape index (κ3) is 3.37. The number of hydrogen-bond donors (Lipinski definition) is 1. The van der Waals surface area contributed by atoms with Gasteiger partial charge in [0.1, 0.15) is 17.4 Å². The number of carbonyl (C=O) groups excluding carboxylic acids is 1. The maximum absolute atomic E-state index is 13.5. The van der Waals surface area contributed by atoms with Gasteiger partial charge in [0.15, 0.2) is 6.61 Å². The van der Waals surface area contributed by atoms with Gasteiger partial charge in [-0.05, 0) is 24.3 Å². The molecule has 0 atom stereocenters. The van der Waals surface area contributed by atoms with E-state index in [1.165, 1.54) is 12.1 Å². The molecule has 0 spiro atoms. The highest BCUT2D eigenvalue weighted by Crippen LogP contribution is 2.33. The van der Waals surface area contributed by atoms with E-state index in [-0.39, 0.29) is 12.5 Å². The van der Waals surface area contributed by atoms with Crippen LogP contribution in [0, 0.1) is 11.6 Å². The van der Waals surface area contributed by atoms with Gasteiger partial charge in [0.2, 0.25) is 0 Å². The van der Waals surface area contributed by atoms with E-state index < -0.39 is 11.6 Å². The van der Waals surface area contributed by atoms with Crippen LogP contribution < -0.4 is 15.0 Å². The van der Waals surface area contributed by atoms with Crippen LogP contribution in [-0.2, 0) is 4.79 Å². The van der Waals surface area contributed by atoms with Crippen molar-refractivity contribution in [2.75, 3.05) is 30.4 Å². The molecule has 124 valence electrons. The van der Waals surface area contributed by atoms with Gasteiger partial charge in [0, 0.05) is 37.0 Å². The summed E-state index contributed by atoms with van der Waals surface area (Å²) in [6.07, 6.45) is 3.33. The van der Waals surface area contributed by atoms with E-state index in [1.54, 1.807) is 30.2 Å². The molecule has 0 aromatic heterocycles. The molecule has 24 heavy (non-hydrogen) atoms. The summed E-state index contributed by atoms with van der Waals surface area (Å²) in [4.78, 5) is 13.1. The highest BCUT2D eigenvalue weighted by atomic mass is 19.1. The number of rotatable bonds is 4. The smallest absolute Gasteiger partial charge is 0.264 e. The number of carbonyl (C=O) groups is 1. The van der Waals surface area contributed by atoms with Gasteiger partial charge in [0.25, 0.3) is 5.91 Å². The second kappa shape index (κ2) is 6.70. The number of ether oxygens (including phenoxy) is 1. The Morgan fingerprint density at radius 3 is 2.88 bits per heavy atom. The number of fused-ring (bicyclic) bond motifs is 1. The van der Waals surface area contributed by atoms with Crippen molar-refractivity contribution in [1.29, 1.82) is 0 Å². The fraction of sp³-hybridized carbons (Fsp3) is 0.167. The summed E-state index contributed by atoms with van der Waals surface area (Å²) in [6, 6.07) is 8.91. The van der Waals surface area contributed by atoms with E-state index in [4.69, 9.17) is 4.74 Å². The van der Waals surface area contributed by atoms with E-state index >= 15 is 0 Å². The van der Waals surface area contributed by atoms with Gasteiger partial charge in [-0.25, -0.2) is 8.78 Å². The van der Waals surface area contributed by atoms with Crippen molar-refractivity contribution in [3.8, 4) is 5.75 Å². The standard InChI is InChI=1S/C18H16F2N2O2/c1-22-16-7-6-14(10-17(16)24-11-18(22)23)21-8-2-3-12-4-5-13(19)9-15(12)20/h2-7,9-10,21H,8,11H2,1H3/b3-2+. The Kier molecular flexibility index (Phi) is 4.46. The van der Waals surface area contributed by atoms with Crippen LogP contribution in [0.4, 0.5) is 20.2 Å². The highest BCUT2D eigenvalue weighted by Gasteiger charge is 2.21. The van der Waals surface area contributed by atoms with Gasteiger partial charge in [-0.1, -0.05) is 12.2 Å². The van der Waals surface area contributed by atoms with Crippen LogP contribution in [0.1, 0.15) is 5.56 Å². The summed E-state index contributed by atoms with van der Waals surface area (Å²) in [7, 11) is 1.71. The van der Waals surface area contributed by atoms with E-state index in [0.717, 1.165) is 17.4 Å². The van der Waals surface area contributed by atoms with Crippen molar-refractivity contribution >= 4 is 23.4 Å². The normalized spacial score (nSPS) is 13.8. The Morgan fingerprint density at radius 2 is 2.08 bits per heavy atom. The molecule has 0 fully saturated rings. The molecule has 2 aromatic carbocycles. The van der Waals surface area contributed by atoms with Crippen molar-refractivity contribution < 1.29 is 18.3 Å². The Labute approximate surface area is 138 Å². The number of amides is 1. The fourth-order valence-electron chi connectivity index (χ4n) is 2.39. The molecule has 4 nitrogen and oxygen atoms in total. The lowest BCUT2D eigenvalue weighted by Gasteiger charge is -2.26. The molecule has 1 N–H and O–H groups in total. The Morgan fingerprint density at radius 1 is 1.25 bits per heavy atom. The molecule has 0 saturated heterocycles. The number of likely N-dealkylation sites (N-methyl/N-ethyl adjacent to an activating group) is 1. The van der Waals surface area contributed by atoms with Crippen LogP contribution in [0.3, 0.4) is 0 Å². The van der Waals surface area contributed by atoms with Crippen molar-refractivity contribution in [1.82, 2.24) is 0 Å². The van der Waals surface area contributed by atoms with Crippen LogP contribution in [-0.4, -0.2) is 26.1 Å². The van der Waals surface area contributed by atoms with Gasteiger partial charge in [-0.2, -0.15) is 0 Å². The highest BCUT2D eigenvalue weighted by molar-refractivity contribution is 5.97. The molecular weight excluding hydrogens is 314 g/mol. The first-order valence-corrected chi connectivity index (χ1v) is 7.43. The summed E-state index contributed by atoms with van der Waals surface area (Å²) < 4.78 is 31.7. The first kappa shape index (κ1) is 16.0. The van der Waals surface area contributed by atoms with Crippen molar-refractivity contribution in [2.45, 2.75) is 0 Å². The molecule has 2 aromatic rings. The fourth-order valence-corrected chi connectivity index (χ4v) is 2.39. The maximum atomic E-state index is 13.5. The lowest BCUT2D eigenvalue weighted by Crippen LogP contribution is -2.35. The summed E-state index contributed by atoms with van der Waals surface area (Å²) in [6.45, 7) is 0.487. The molecule has 1 heterocycles. The number of nitrogens with zero attached hydrogens (tertiary/aromatic N) is 1. The summed E-state index contributed by atoms with van der Waals surface area (Å²) >= 11 is 0. The van der Waals surface area contributed by atoms with Crippen LogP contribution in [0.2, 0.25) is 0 Å². The van der Waals surface area contributed by atoms with E-state index in [1.807, 2.05) is 12.1 Å². The van der Waals surface area contributed by atoms with Gasteiger partial charge in [-0.15, -0.1) is 0 Å². The molecule has 1 aliphatic heterocycles. The monoisotopic (exact) mass is 330 g/mol. The second-order valence-corrected chi connectivity index (χ2v) is 5.37. The zero-order valence-electron chi connectivity index (χ0n) is 13.1. The van der Waals surface area contributed by atoms with Gasteiger partial charge < -0.3 is 15.0 Å². The zero-order chi connectivity index (χ0) is 17.1. The molecule has 0 radical (unpaired) electrons. The number of nitrogens with one attached hydrogen (secondary N) is 1. The largest absolute Gasteiger partial charge is 0.481 e. The predicted octanol–water partition coefficient (Wildman–Crippen LogP) is 3.45. The third-order valence-corrected chi connectivity index (χ3v) is 3.73. The van der Waals surface area contributed by atoms with Crippen LogP contribution in [0.25, 0.3) is 6.08 Å². The minimum atomic E-state index is -0.597. The lowest BCUT2D eigenvalue weighted by atomic mass is 10.2. The first-order chi connectivity index (χ1) is 11.5. The quantitative estimate of drug-likeness (QED) is 0.934. The molecule has 6 heteroatoms. The Balaban J connectivity index is 1.63. The number of hydrogen-bond acceptors (Lipinski definition) is 3. The van der Waals surface area contributed by atoms with Crippen LogP contribution in [0.15, 0.2) is 42.5 Å². The minimum absolute atomic E-state index is 0.0245. The summed E-state index contributed by atoms with van der Waals surface area (Å²) in [5.74, 6) is -0.649. The van der Waals surface area contributed by atoms with E-state index in [2.05, 4.69) is 5.32 Å². The lowest BCUT2D eigenvalue weighted by molar-refractivity contribution is -0.120. The SMILES string of the molecule is CN1C(=O)COc2cc(NC/C=C/c3ccc(F)cc3F)ccc21. The molecule has 1 aliphatic rings. The second-order valence-electron chi connectivity index (χ2n) is 5.37. The first-order valence-electron chi connectivity index (χ1n) is 7.43. The number of halogens is 2. The average Bonchev–Trinajstić information content (AvgIpc) is 2.57. The third-order valence-electron chi connectivity index (χ3n) is 3.73. The van der Waals surface area contributed by atoms with Crippen molar-refractivity contribution in [2.24, 2.45) is 0 Å². The van der Waals surface area contributed by atoms with E-state index in [0.29, 0.717) is 17.9 Å². The van der Waals surface area contributed by atoms with E-state index in [9.17, 15) is 13.6 Å². The number of anilines is 2. The molecule has 3 rings (SSSR count). The van der Waals surface area contributed by atoms with Gasteiger partial charge in [-0.3, -0.25) is 4.79 Å². The molecule has 0 bridgehead atoms. The van der Waals surface area contributed by atoms with Crippen LogP contribution in [0.5, 0.6) is 5.75 Å². The van der Waals surface area contributed by atoms with Gasteiger partial charge >= 0.3 is 0 Å². The zero-order valence-corrected chi connectivity index (χ0v) is 13.1. The number of benzene rings is 2. The predicted molar refractivity (Wildman–Crippen MR) is 89.2 cm³/mol. The van der Waals surface area contributed by atoms with Crippen LogP contribution >= 0.6 is 0 Å². The van der Waals surface area contributed by atoms with Crippen molar-refractivity contribution in [3.05, 3.63) is 59.7 Å². The molecule has 0 aliphatic carbocycles. The molecule has 1 amide bonds. The van der Waals surface area contributed by atoms with Crippen molar-refractivity contribution in [3.63, 3.8) is 0 Å². The summed E-state index contributed by atoms with van der Waals surface area (Å²) in [5.41, 5.74) is 1.87. The summed E-state index contributed by atoms with van der Waals surface area (Å²) in [5, 5.41) is 3.16. The average molecular weight is 330 g/mol. The molecule has 0 saturated carbocycles. The Hall–Kier alpha value is -2.89. The molecular formula is C18H16F2N2O2. The Bertz CT molecular complexity index is 806. The molecule has 0 unspecified atom stereocenters. The minimum Gasteiger partial charge on any atom is -0.481 e. The maximum Gasteiger partial charge on any atom is 0.264 e.